The minimum atomic E-state index is -4.24. The summed E-state index contributed by atoms with van der Waals surface area (Å²) in [5, 5.41) is 7.18. The van der Waals surface area contributed by atoms with E-state index in [1.807, 2.05) is 6.92 Å². The highest BCUT2D eigenvalue weighted by molar-refractivity contribution is 5.95. The first kappa shape index (κ1) is 18.7. The Kier molecular flexibility index (Phi) is 7.60. The second kappa shape index (κ2) is 8.94. The lowest BCUT2D eigenvalue weighted by Gasteiger charge is -2.32. The summed E-state index contributed by atoms with van der Waals surface area (Å²) in [6.07, 6.45) is -2.12. The SMILES string of the molecule is CCCNC(=O)NC(=O)CN1CCCC(NCC(F)(F)F)C1. The molecule has 22 heavy (non-hydrogen) atoms. The fourth-order valence-corrected chi connectivity index (χ4v) is 2.28. The van der Waals surface area contributed by atoms with E-state index in [9.17, 15) is 22.8 Å². The third-order valence-electron chi connectivity index (χ3n) is 3.25. The smallest absolute Gasteiger partial charge is 0.338 e. The number of hydrogen-bond acceptors (Lipinski definition) is 4. The molecule has 0 aliphatic carbocycles. The number of alkyl halides is 3. The molecule has 0 bridgehead atoms. The normalized spacial score (nSPS) is 19.7. The Balaban J connectivity index is 2.30. The minimum absolute atomic E-state index is 0.00371. The summed E-state index contributed by atoms with van der Waals surface area (Å²) in [6, 6.07) is -0.840. The fourth-order valence-electron chi connectivity index (χ4n) is 2.28. The molecule has 0 spiro atoms. The van der Waals surface area contributed by atoms with Crippen LogP contribution in [0.1, 0.15) is 26.2 Å². The van der Waals surface area contributed by atoms with Crippen molar-refractivity contribution in [1.29, 1.82) is 0 Å². The van der Waals surface area contributed by atoms with Crippen molar-refractivity contribution in [3.05, 3.63) is 0 Å². The number of nitrogens with one attached hydrogen (secondary N) is 3. The first-order valence-electron chi connectivity index (χ1n) is 7.40. The zero-order valence-electron chi connectivity index (χ0n) is 12.6. The summed E-state index contributed by atoms with van der Waals surface area (Å²) in [7, 11) is 0. The third-order valence-corrected chi connectivity index (χ3v) is 3.25. The summed E-state index contributed by atoms with van der Waals surface area (Å²) < 4.78 is 36.5. The van der Waals surface area contributed by atoms with Crippen molar-refractivity contribution in [3.63, 3.8) is 0 Å². The van der Waals surface area contributed by atoms with E-state index in [0.717, 1.165) is 6.42 Å². The molecule has 9 heteroatoms. The van der Waals surface area contributed by atoms with Crippen LogP contribution in [0, 0.1) is 0 Å². The lowest BCUT2D eigenvalue weighted by atomic mass is 10.1. The van der Waals surface area contributed by atoms with Gasteiger partial charge < -0.3 is 10.6 Å². The largest absolute Gasteiger partial charge is 0.401 e. The van der Waals surface area contributed by atoms with E-state index in [1.54, 1.807) is 4.90 Å². The molecule has 6 nitrogen and oxygen atoms in total. The van der Waals surface area contributed by atoms with Crippen LogP contribution in [-0.2, 0) is 4.79 Å². The quantitative estimate of drug-likeness (QED) is 0.677. The van der Waals surface area contributed by atoms with Gasteiger partial charge in [0.2, 0.25) is 5.91 Å². The fraction of sp³-hybridized carbons (Fsp3) is 0.846. The Morgan fingerprint density at radius 1 is 1.32 bits per heavy atom. The van der Waals surface area contributed by atoms with Gasteiger partial charge in [0.1, 0.15) is 0 Å². The van der Waals surface area contributed by atoms with Gasteiger partial charge in [0.25, 0.3) is 0 Å². The number of rotatable bonds is 6. The molecule has 1 atom stereocenters. The van der Waals surface area contributed by atoms with E-state index in [-0.39, 0.29) is 12.6 Å². The molecule has 128 valence electrons. The molecule has 0 radical (unpaired) electrons. The molecule has 3 N–H and O–H groups in total. The van der Waals surface area contributed by atoms with Crippen molar-refractivity contribution in [2.24, 2.45) is 0 Å². The van der Waals surface area contributed by atoms with E-state index >= 15 is 0 Å². The number of piperidine rings is 1. The maximum Gasteiger partial charge on any atom is 0.401 e. The van der Waals surface area contributed by atoms with Crippen LogP contribution in [0.2, 0.25) is 0 Å². The second-order valence-corrected chi connectivity index (χ2v) is 5.37. The Labute approximate surface area is 127 Å². The molecule has 1 saturated heterocycles. The maximum atomic E-state index is 12.2. The molecule has 0 saturated carbocycles. The minimum Gasteiger partial charge on any atom is -0.338 e. The number of imide groups is 1. The summed E-state index contributed by atoms with van der Waals surface area (Å²) >= 11 is 0. The van der Waals surface area contributed by atoms with Crippen LogP contribution < -0.4 is 16.0 Å². The molecular formula is C13H23F3N4O2. The van der Waals surface area contributed by atoms with E-state index < -0.39 is 24.7 Å². The zero-order valence-corrected chi connectivity index (χ0v) is 12.6. The third kappa shape index (κ3) is 8.18. The van der Waals surface area contributed by atoms with Gasteiger partial charge in [0.05, 0.1) is 13.1 Å². The van der Waals surface area contributed by atoms with Crippen molar-refractivity contribution >= 4 is 11.9 Å². The number of amides is 3. The predicted octanol–water partition coefficient (Wildman–Crippen LogP) is 0.838. The number of carbonyl (C=O) groups excluding carboxylic acids is 2. The molecule has 1 heterocycles. The standard InChI is InChI=1S/C13H23F3N4O2/c1-2-5-17-12(22)19-11(21)8-20-6-3-4-10(7-20)18-9-13(14,15)16/h10,18H,2-9H2,1H3,(H2,17,19,21,22). The lowest BCUT2D eigenvalue weighted by molar-refractivity contribution is -0.128. The number of nitrogens with zero attached hydrogens (tertiary/aromatic N) is 1. The average molecular weight is 324 g/mol. The van der Waals surface area contributed by atoms with E-state index in [1.165, 1.54) is 0 Å². The lowest BCUT2D eigenvalue weighted by Crippen LogP contribution is -2.51. The zero-order chi connectivity index (χ0) is 16.6. The first-order chi connectivity index (χ1) is 10.3. The van der Waals surface area contributed by atoms with Crippen LogP contribution >= 0.6 is 0 Å². The first-order valence-corrected chi connectivity index (χ1v) is 7.40. The molecular weight excluding hydrogens is 301 g/mol. The van der Waals surface area contributed by atoms with Crippen molar-refractivity contribution in [2.75, 3.05) is 32.7 Å². The van der Waals surface area contributed by atoms with E-state index in [0.29, 0.717) is 32.5 Å². The summed E-state index contributed by atoms with van der Waals surface area (Å²) in [5.74, 6) is -0.454. The van der Waals surface area contributed by atoms with Crippen LogP contribution in [0.5, 0.6) is 0 Å². The Morgan fingerprint density at radius 3 is 2.68 bits per heavy atom. The molecule has 1 unspecified atom stereocenters. The topological polar surface area (TPSA) is 73.5 Å². The highest BCUT2D eigenvalue weighted by Crippen LogP contribution is 2.15. The van der Waals surface area contributed by atoms with Crippen LogP contribution in [-0.4, -0.2) is 61.8 Å². The summed E-state index contributed by atoms with van der Waals surface area (Å²) in [4.78, 5) is 24.8. The highest BCUT2D eigenvalue weighted by Gasteiger charge is 2.29. The maximum absolute atomic E-state index is 12.2. The molecule has 3 amide bonds. The van der Waals surface area contributed by atoms with Crippen LogP contribution in [0.25, 0.3) is 0 Å². The molecule has 1 aliphatic heterocycles. The predicted molar refractivity (Wildman–Crippen MR) is 75.4 cm³/mol. The average Bonchev–Trinajstić information content (AvgIpc) is 2.42. The van der Waals surface area contributed by atoms with Gasteiger partial charge in [0.15, 0.2) is 0 Å². The summed E-state index contributed by atoms with van der Waals surface area (Å²) in [6.45, 7) is 2.34. The number of halogens is 3. The van der Waals surface area contributed by atoms with Crippen LogP contribution in [0.15, 0.2) is 0 Å². The number of hydrogen-bond donors (Lipinski definition) is 3. The van der Waals surface area contributed by atoms with Crippen molar-refractivity contribution in [1.82, 2.24) is 20.9 Å². The van der Waals surface area contributed by atoms with Crippen molar-refractivity contribution in [3.8, 4) is 0 Å². The monoisotopic (exact) mass is 324 g/mol. The molecule has 0 aromatic heterocycles. The van der Waals surface area contributed by atoms with Gasteiger partial charge >= 0.3 is 12.2 Å². The van der Waals surface area contributed by atoms with Crippen LogP contribution in [0.3, 0.4) is 0 Å². The molecule has 0 aromatic carbocycles. The Morgan fingerprint density at radius 2 is 2.05 bits per heavy atom. The summed E-state index contributed by atoms with van der Waals surface area (Å²) in [5.41, 5.74) is 0. The van der Waals surface area contributed by atoms with Gasteiger partial charge in [0, 0.05) is 19.1 Å². The van der Waals surface area contributed by atoms with Gasteiger partial charge in [-0.2, -0.15) is 13.2 Å². The van der Waals surface area contributed by atoms with Gasteiger partial charge in [-0.05, 0) is 25.8 Å². The molecule has 1 rings (SSSR count). The Bertz CT molecular complexity index is 377. The van der Waals surface area contributed by atoms with Crippen molar-refractivity contribution in [2.45, 2.75) is 38.4 Å². The van der Waals surface area contributed by atoms with Crippen LogP contribution in [0.4, 0.5) is 18.0 Å². The van der Waals surface area contributed by atoms with Crippen molar-refractivity contribution < 1.29 is 22.8 Å². The highest BCUT2D eigenvalue weighted by atomic mass is 19.4. The van der Waals surface area contributed by atoms with Gasteiger partial charge in [-0.3, -0.25) is 15.0 Å². The second-order valence-electron chi connectivity index (χ2n) is 5.37. The number of carbonyl (C=O) groups is 2. The van der Waals surface area contributed by atoms with Gasteiger partial charge in [-0.25, -0.2) is 4.79 Å². The molecule has 1 aliphatic rings. The van der Waals surface area contributed by atoms with E-state index in [4.69, 9.17) is 0 Å². The van der Waals surface area contributed by atoms with Gasteiger partial charge in [-0.1, -0.05) is 6.92 Å². The Hall–Kier alpha value is -1.35. The molecule has 0 aromatic rings. The number of likely N-dealkylation sites (tertiary alicyclic amines) is 1. The van der Waals surface area contributed by atoms with E-state index in [2.05, 4.69) is 16.0 Å². The molecule has 1 fully saturated rings. The van der Waals surface area contributed by atoms with Gasteiger partial charge in [-0.15, -0.1) is 0 Å². The number of urea groups is 1.